The number of hydrogen-bond acceptors (Lipinski definition) is 3. The molecule has 0 amide bonds. The summed E-state index contributed by atoms with van der Waals surface area (Å²) in [6.45, 7) is 0.418. The fourth-order valence-corrected chi connectivity index (χ4v) is 2.79. The average Bonchev–Trinajstić information content (AvgIpc) is 3.05. The normalized spacial score (nSPS) is 11.8. The van der Waals surface area contributed by atoms with Crippen molar-refractivity contribution in [3.05, 3.63) is 51.7 Å². The molecule has 2 rings (SSSR count). The molecular formula is C16H19F3IN3OS. The number of rotatable bonds is 6. The summed E-state index contributed by atoms with van der Waals surface area (Å²) in [6, 6.07) is 7.75. The molecule has 1 aromatic heterocycles. The maximum atomic E-state index is 13.1. The summed E-state index contributed by atoms with van der Waals surface area (Å²) in [7, 11) is 1.32. The van der Waals surface area contributed by atoms with E-state index in [1.165, 1.54) is 24.1 Å². The second-order valence-electron chi connectivity index (χ2n) is 4.98. The number of guanidine groups is 1. The Balaban J connectivity index is 0.00000312. The van der Waals surface area contributed by atoms with Crippen molar-refractivity contribution in [2.75, 3.05) is 13.7 Å². The van der Waals surface area contributed by atoms with Crippen LogP contribution in [0.25, 0.3) is 0 Å². The van der Waals surface area contributed by atoms with Gasteiger partial charge in [-0.05, 0) is 35.6 Å². The van der Waals surface area contributed by atoms with Gasteiger partial charge in [0.15, 0.2) is 5.96 Å². The number of aliphatic imine (C=N–C) groups is 1. The van der Waals surface area contributed by atoms with Gasteiger partial charge < -0.3 is 15.8 Å². The lowest BCUT2D eigenvalue weighted by molar-refractivity contribution is -0.138. The number of alkyl halides is 3. The third kappa shape index (κ3) is 6.73. The molecule has 0 aliphatic heterocycles. The number of thiophene rings is 1. The van der Waals surface area contributed by atoms with Crippen molar-refractivity contribution in [3.8, 4) is 5.75 Å². The SMILES string of the molecule is COc1ccc(CN=C(N)NCCc2cccs2)c(C(F)(F)F)c1.I. The minimum Gasteiger partial charge on any atom is -0.497 e. The van der Waals surface area contributed by atoms with E-state index < -0.39 is 11.7 Å². The van der Waals surface area contributed by atoms with E-state index in [0.29, 0.717) is 6.54 Å². The standard InChI is InChI=1S/C16H18F3N3OS.HI/c1-23-12-5-4-11(14(9-12)16(17,18)19)10-22-15(20)21-7-6-13-3-2-8-24-13;/h2-5,8-9H,6-7,10H2,1H3,(H3,20,21,22);1H. The number of ether oxygens (including phenoxy) is 1. The molecule has 0 saturated carbocycles. The molecule has 138 valence electrons. The molecule has 0 fully saturated rings. The zero-order valence-corrected chi connectivity index (χ0v) is 16.6. The van der Waals surface area contributed by atoms with Crippen LogP contribution in [0.1, 0.15) is 16.0 Å². The smallest absolute Gasteiger partial charge is 0.416 e. The van der Waals surface area contributed by atoms with E-state index in [2.05, 4.69) is 10.3 Å². The topological polar surface area (TPSA) is 59.6 Å². The summed E-state index contributed by atoms with van der Waals surface area (Å²) in [5.74, 6) is 0.271. The predicted octanol–water partition coefficient (Wildman–Crippen LogP) is 4.04. The third-order valence-electron chi connectivity index (χ3n) is 3.30. The van der Waals surface area contributed by atoms with Crippen molar-refractivity contribution in [2.45, 2.75) is 19.1 Å². The average molecular weight is 485 g/mol. The first-order valence-electron chi connectivity index (χ1n) is 7.20. The van der Waals surface area contributed by atoms with E-state index in [1.807, 2.05) is 17.5 Å². The molecule has 1 heterocycles. The molecule has 0 radical (unpaired) electrons. The minimum absolute atomic E-state index is 0. The molecule has 9 heteroatoms. The molecule has 0 atom stereocenters. The number of halogens is 4. The maximum Gasteiger partial charge on any atom is 0.416 e. The van der Waals surface area contributed by atoms with Gasteiger partial charge in [0.05, 0.1) is 19.2 Å². The van der Waals surface area contributed by atoms with E-state index in [-0.39, 0.29) is 47.8 Å². The predicted molar refractivity (Wildman–Crippen MR) is 105 cm³/mol. The number of nitrogens with zero attached hydrogens (tertiary/aromatic N) is 1. The zero-order valence-electron chi connectivity index (χ0n) is 13.5. The van der Waals surface area contributed by atoms with Crippen LogP contribution in [0.5, 0.6) is 5.75 Å². The maximum absolute atomic E-state index is 13.1. The van der Waals surface area contributed by atoms with E-state index in [1.54, 1.807) is 11.3 Å². The van der Waals surface area contributed by atoms with Gasteiger partial charge in [-0.15, -0.1) is 35.3 Å². The fourth-order valence-electron chi connectivity index (χ4n) is 2.08. The van der Waals surface area contributed by atoms with Gasteiger partial charge in [0, 0.05) is 11.4 Å². The van der Waals surface area contributed by atoms with Crippen LogP contribution in [0.2, 0.25) is 0 Å². The lowest BCUT2D eigenvalue weighted by Gasteiger charge is -2.13. The molecule has 0 saturated heterocycles. The van der Waals surface area contributed by atoms with Gasteiger partial charge in [0.1, 0.15) is 5.75 Å². The number of nitrogens with two attached hydrogens (primary N) is 1. The fraction of sp³-hybridized carbons (Fsp3) is 0.312. The Hall–Kier alpha value is -1.49. The van der Waals surface area contributed by atoms with Crippen molar-refractivity contribution in [1.29, 1.82) is 0 Å². The monoisotopic (exact) mass is 485 g/mol. The molecule has 0 spiro atoms. The molecule has 0 unspecified atom stereocenters. The molecule has 25 heavy (non-hydrogen) atoms. The first-order valence-corrected chi connectivity index (χ1v) is 8.08. The second kappa shape index (κ2) is 9.85. The van der Waals surface area contributed by atoms with E-state index in [9.17, 15) is 13.2 Å². The van der Waals surface area contributed by atoms with Gasteiger partial charge in [-0.3, -0.25) is 0 Å². The Morgan fingerprint density at radius 1 is 1.32 bits per heavy atom. The number of methoxy groups -OCH3 is 1. The van der Waals surface area contributed by atoms with Gasteiger partial charge in [0.25, 0.3) is 0 Å². The van der Waals surface area contributed by atoms with Gasteiger partial charge in [0.2, 0.25) is 0 Å². The van der Waals surface area contributed by atoms with Crippen LogP contribution >= 0.6 is 35.3 Å². The number of hydrogen-bond donors (Lipinski definition) is 2. The summed E-state index contributed by atoms with van der Waals surface area (Å²) in [5, 5.41) is 4.88. The highest BCUT2D eigenvalue weighted by Crippen LogP contribution is 2.34. The van der Waals surface area contributed by atoms with Crippen molar-refractivity contribution >= 4 is 41.3 Å². The molecule has 0 bridgehead atoms. The lowest BCUT2D eigenvalue weighted by Crippen LogP contribution is -2.33. The summed E-state index contributed by atoms with van der Waals surface area (Å²) < 4.78 is 44.1. The highest BCUT2D eigenvalue weighted by atomic mass is 127. The van der Waals surface area contributed by atoms with Crippen molar-refractivity contribution in [1.82, 2.24) is 5.32 Å². The minimum atomic E-state index is -4.47. The first kappa shape index (κ1) is 21.6. The van der Waals surface area contributed by atoms with Crippen LogP contribution in [-0.2, 0) is 19.1 Å². The van der Waals surface area contributed by atoms with Crippen LogP contribution in [-0.4, -0.2) is 19.6 Å². The summed E-state index contributed by atoms with van der Waals surface area (Å²) in [5.41, 5.74) is 4.99. The quantitative estimate of drug-likeness (QED) is 0.369. The molecule has 4 nitrogen and oxygen atoms in total. The molecule has 2 aromatic rings. The molecule has 1 aromatic carbocycles. The van der Waals surface area contributed by atoms with E-state index in [0.717, 1.165) is 12.5 Å². The molecular weight excluding hydrogens is 466 g/mol. The Bertz CT molecular complexity index is 690. The number of benzene rings is 1. The third-order valence-corrected chi connectivity index (χ3v) is 4.24. The Kier molecular flexibility index (Phi) is 8.50. The summed E-state index contributed by atoms with van der Waals surface area (Å²) in [6.07, 6.45) is -3.69. The molecule has 0 aliphatic rings. The van der Waals surface area contributed by atoms with Gasteiger partial charge in [-0.25, -0.2) is 4.99 Å². The highest BCUT2D eigenvalue weighted by molar-refractivity contribution is 14.0. The van der Waals surface area contributed by atoms with Crippen LogP contribution in [0.15, 0.2) is 40.7 Å². The Labute approximate surface area is 165 Å². The first-order chi connectivity index (χ1) is 11.4. The molecule has 0 aliphatic carbocycles. The summed E-state index contributed by atoms with van der Waals surface area (Å²) in [4.78, 5) is 5.19. The Morgan fingerprint density at radius 2 is 2.08 bits per heavy atom. The Morgan fingerprint density at radius 3 is 2.68 bits per heavy atom. The van der Waals surface area contributed by atoms with Crippen molar-refractivity contribution in [3.63, 3.8) is 0 Å². The zero-order chi connectivity index (χ0) is 17.6. The molecule has 3 N–H and O–H groups in total. The van der Waals surface area contributed by atoms with Crippen LogP contribution in [0.3, 0.4) is 0 Å². The highest BCUT2D eigenvalue weighted by Gasteiger charge is 2.33. The van der Waals surface area contributed by atoms with Gasteiger partial charge in [-0.2, -0.15) is 13.2 Å². The van der Waals surface area contributed by atoms with Gasteiger partial charge >= 0.3 is 6.18 Å². The van der Waals surface area contributed by atoms with Crippen LogP contribution < -0.4 is 15.8 Å². The lowest BCUT2D eigenvalue weighted by atomic mass is 10.1. The van der Waals surface area contributed by atoms with Crippen LogP contribution in [0, 0.1) is 0 Å². The van der Waals surface area contributed by atoms with E-state index in [4.69, 9.17) is 10.5 Å². The second-order valence-corrected chi connectivity index (χ2v) is 6.01. The largest absolute Gasteiger partial charge is 0.497 e. The van der Waals surface area contributed by atoms with Crippen molar-refractivity contribution in [2.24, 2.45) is 10.7 Å². The van der Waals surface area contributed by atoms with Gasteiger partial charge in [-0.1, -0.05) is 12.1 Å². The van der Waals surface area contributed by atoms with E-state index >= 15 is 0 Å². The van der Waals surface area contributed by atoms with Crippen LogP contribution in [0.4, 0.5) is 13.2 Å². The number of nitrogens with one attached hydrogen (secondary N) is 1. The van der Waals surface area contributed by atoms with Crippen molar-refractivity contribution < 1.29 is 17.9 Å². The summed E-state index contributed by atoms with van der Waals surface area (Å²) >= 11 is 1.64.